The number of benzene rings is 1. The van der Waals surface area contributed by atoms with Crippen molar-refractivity contribution in [1.82, 2.24) is 4.90 Å². The highest BCUT2D eigenvalue weighted by Crippen LogP contribution is 2.30. The van der Waals surface area contributed by atoms with E-state index in [0.29, 0.717) is 12.0 Å². The summed E-state index contributed by atoms with van der Waals surface area (Å²) in [6, 6.07) is 8.83. The highest BCUT2D eigenvalue weighted by atomic mass is 35.5. The third-order valence-corrected chi connectivity index (χ3v) is 4.31. The van der Waals surface area contributed by atoms with Crippen molar-refractivity contribution in [3.05, 3.63) is 34.9 Å². The molecule has 0 amide bonds. The molecule has 1 aliphatic carbocycles. The standard InChI is InChI=1S/C15H23ClN2/c1-2-18(15-8-4-6-13(15)10-17)11-12-5-3-7-14(16)9-12/h3,5,7,9,13,15H,2,4,6,8,10-11,17H2,1H3. The summed E-state index contributed by atoms with van der Waals surface area (Å²) < 4.78 is 0. The maximum absolute atomic E-state index is 6.05. The van der Waals surface area contributed by atoms with Crippen molar-refractivity contribution >= 4 is 11.6 Å². The normalized spacial score (nSPS) is 23.8. The van der Waals surface area contributed by atoms with Crippen LogP contribution in [0.15, 0.2) is 24.3 Å². The monoisotopic (exact) mass is 266 g/mol. The second-order valence-corrected chi connectivity index (χ2v) is 5.62. The van der Waals surface area contributed by atoms with Crippen LogP contribution in [0.25, 0.3) is 0 Å². The molecule has 3 heteroatoms. The van der Waals surface area contributed by atoms with Crippen molar-refractivity contribution in [2.24, 2.45) is 11.7 Å². The first-order valence-electron chi connectivity index (χ1n) is 6.93. The molecule has 2 nitrogen and oxygen atoms in total. The Balaban J connectivity index is 2.05. The lowest BCUT2D eigenvalue weighted by molar-refractivity contribution is 0.162. The summed E-state index contributed by atoms with van der Waals surface area (Å²) in [5.74, 6) is 0.670. The Morgan fingerprint density at radius 2 is 2.22 bits per heavy atom. The third kappa shape index (κ3) is 3.25. The van der Waals surface area contributed by atoms with Gasteiger partial charge in [0.25, 0.3) is 0 Å². The second kappa shape index (κ2) is 6.55. The number of nitrogens with zero attached hydrogens (tertiary/aromatic N) is 1. The molecule has 1 fully saturated rings. The van der Waals surface area contributed by atoms with E-state index in [0.717, 1.165) is 24.7 Å². The van der Waals surface area contributed by atoms with E-state index in [4.69, 9.17) is 17.3 Å². The minimum absolute atomic E-state index is 0.652. The molecule has 0 bridgehead atoms. The molecule has 1 saturated carbocycles. The first-order valence-corrected chi connectivity index (χ1v) is 7.31. The minimum atomic E-state index is 0.652. The molecule has 2 atom stereocenters. The number of rotatable bonds is 5. The Bertz CT molecular complexity index is 381. The fourth-order valence-corrected chi connectivity index (χ4v) is 3.32. The van der Waals surface area contributed by atoms with Gasteiger partial charge in [-0.15, -0.1) is 0 Å². The van der Waals surface area contributed by atoms with Crippen LogP contribution in [-0.4, -0.2) is 24.0 Å². The van der Waals surface area contributed by atoms with E-state index in [1.54, 1.807) is 0 Å². The van der Waals surface area contributed by atoms with Crippen LogP contribution in [0.3, 0.4) is 0 Å². The summed E-state index contributed by atoms with van der Waals surface area (Å²) in [5.41, 5.74) is 7.18. The first-order chi connectivity index (χ1) is 8.74. The largest absolute Gasteiger partial charge is 0.330 e. The molecule has 0 spiro atoms. The van der Waals surface area contributed by atoms with Gasteiger partial charge in [-0.1, -0.05) is 37.1 Å². The van der Waals surface area contributed by atoms with Gasteiger partial charge in [-0.05, 0) is 49.5 Å². The number of nitrogens with two attached hydrogens (primary N) is 1. The summed E-state index contributed by atoms with van der Waals surface area (Å²) in [4.78, 5) is 2.55. The van der Waals surface area contributed by atoms with E-state index in [1.165, 1.54) is 24.8 Å². The molecule has 1 aliphatic rings. The molecule has 18 heavy (non-hydrogen) atoms. The number of halogens is 1. The van der Waals surface area contributed by atoms with Crippen LogP contribution < -0.4 is 5.73 Å². The SMILES string of the molecule is CCN(Cc1cccc(Cl)c1)C1CCCC1CN. The lowest BCUT2D eigenvalue weighted by Gasteiger charge is -2.31. The molecule has 2 N–H and O–H groups in total. The van der Waals surface area contributed by atoms with Crippen molar-refractivity contribution in [1.29, 1.82) is 0 Å². The predicted octanol–water partition coefficient (Wildman–Crippen LogP) is 3.29. The quantitative estimate of drug-likeness (QED) is 0.886. The Labute approximate surface area is 115 Å². The van der Waals surface area contributed by atoms with Crippen LogP contribution in [0.1, 0.15) is 31.7 Å². The van der Waals surface area contributed by atoms with Crippen LogP contribution in [0, 0.1) is 5.92 Å². The molecule has 0 radical (unpaired) electrons. The zero-order valence-electron chi connectivity index (χ0n) is 11.1. The maximum atomic E-state index is 6.05. The third-order valence-electron chi connectivity index (χ3n) is 4.07. The topological polar surface area (TPSA) is 29.3 Å². The van der Waals surface area contributed by atoms with Gasteiger partial charge in [0.15, 0.2) is 0 Å². The van der Waals surface area contributed by atoms with Gasteiger partial charge in [0.05, 0.1) is 0 Å². The fraction of sp³-hybridized carbons (Fsp3) is 0.600. The van der Waals surface area contributed by atoms with Gasteiger partial charge in [0.2, 0.25) is 0 Å². The van der Waals surface area contributed by atoms with Crippen LogP contribution in [0.5, 0.6) is 0 Å². The van der Waals surface area contributed by atoms with Crippen molar-refractivity contribution in [2.75, 3.05) is 13.1 Å². The smallest absolute Gasteiger partial charge is 0.0409 e. The van der Waals surface area contributed by atoms with Crippen LogP contribution in [0.2, 0.25) is 5.02 Å². The summed E-state index contributed by atoms with van der Waals surface area (Å²) in [7, 11) is 0. The van der Waals surface area contributed by atoms with Gasteiger partial charge in [-0.2, -0.15) is 0 Å². The summed E-state index contributed by atoms with van der Waals surface area (Å²) in [5, 5.41) is 0.824. The lowest BCUT2D eigenvalue weighted by atomic mass is 10.0. The van der Waals surface area contributed by atoms with Gasteiger partial charge in [0.1, 0.15) is 0 Å². The number of hydrogen-bond donors (Lipinski definition) is 1. The zero-order valence-corrected chi connectivity index (χ0v) is 11.9. The molecular formula is C15H23ClN2. The van der Waals surface area contributed by atoms with E-state index >= 15 is 0 Å². The Morgan fingerprint density at radius 1 is 1.39 bits per heavy atom. The Morgan fingerprint density at radius 3 is 2.89 bits per heavy atom. The van der Waals surface area contributed by atoms with Gasteiger partial charge in [-0.25, -0.2) is 0 Å². The van der Waals surface area contributed by atoms with E-state index in [9.17, 15) is 0 Å². The van der Waals surface area contributed by atoms with Crippen molar-refractivity contribution in [3.63, 3.8) is 0 Å². The Kier molecular flexibility index (Phi) is 5.04. The van der Waals surface area contributed by atoms with E-state index < -0.39 is 0 Å². The first kappa shape index (κ1) is 13.9. The minimum Gasteiger partial charge on any atom is -0.330 e. The van der Waals surface area contributed by atoms with Crippen LogP contribution in [0.4, 0.5) is 0 Å². The van der Waals surface area contributed by atoms with Crippen molar-refractivity contribution in [2.45, 2.75) is 38.8 Å². The molecule has 2 rings (SSSR count). The summed E-state index contributed by atoms with van der Waals surface area (Å²) in [6.07, 6.45) is 3.89. The molecule has 100 valence electrons. The molecule has 0 aromatic heterocycles. The van der Waals surface area contributed by atoms with Crippen LogP contribution in [-0.2, 0) is 6.54 Å². The highest BCUT2D eigenvalue weighted by Gasteiger charge is 2.30. The Hall–Kier alpha value is -0.570. The maximum Gasteiger partial charge on any atom is 0.0409 e. The van der Waals surface area contributed by atoms with Crippen LogP contribution >= 0.6 is 11.6 Å². The zero-order chi connectivity index (χ0) is 13.0. The molecule has 1 aromatic carbocycles. The molecule has 0 aliphatic heterocycles. The average molecular weight is 267 g/mol. The predicted molar refractivity (Wildman–Crippen MR) is 77.7 cm³/mol. The summed E-state index contributed by atoms with van der Waals surface area (Å²) in [6.45, 7) is 5.11. The molecule has 0 saturated heterocycles. The van der Waals surface area contributed by atoms with E-state index in [2.05, 4.69) is 24.0 Å². The van der Waals surface area contributed by atoms with Gasteiger partial charge in [-0.3, -0.25) is 4.90 Å². The van der Waals surface area contributed by atoms with Gasteiger partial charge in [0, 0.05) is 17.6 Å². The van der Waals surface area contributed by atoms with E-state index in [-0.39, 0.29) is 0 Å². The number of hydrogen-bond acceptors (Lipinski definition) is 2. The van der Waals surface area contributed by atoms with Crippen molar-refractivity contribution in [3.8, 4) is 0 Å². The highest BCUT2D eigenvalue weighted by molar-refractivity contribution is 6.30. The molecule has 0 heterocycles. The van der Waals surface area contributed by atoms with Gasteiger partial charge < -0.3 is 5.73 Å². The van der Waals surface area contributed by atoms with E-state index in [1.807, 2.05) is 12.1 Å². The van der Waals surface area contributed by atoms with Crippen molar-refractivity contribution < 1.29 is 0 Å². The lowest BCUT2D eigenvalue weighted by Crippen LogP contribution is -2.39. The second-order valence-electron chi connectivity index (χ2n) is 5.19. The average Bonchev–Trinajstić information content (AvgIpc) is 2.84. The molecular weight excluding hydrogens is 244 g/mol. The van der Waals surface area contributed by atoms with Gasteiger partial charge >= 0.3 is 0 Å². The molecule has 1 aromatic rings. The fourth-order valence-electron chi connectivity index (χ4n) is 3.11. The molecule has 2 unspecified atom stereocenters. The summed E-state index contributed by atoms with van der Waals surface area (Å²) >= 11 is 6.05.